The largest absolute Gasteiger partial charge is 0.494 e. The fraction of sp³-hybridized carbons (Fsp3) is 0.579. The van der Waals surface area contributed by atoms with E-state index in [0.29, 0.717) is 13.2 Å². The Hall–Kier alpha value is -2.04. The minimum Gasteiger partial charge on any atom is -0.494 e. The third-order valence-electron chi connectivity index (χ3n) is 4.15. The molecule has 5 nitrogen and oxygen atoms in total. The van der Waals surface area contributed by atoms with Gasteiger partial charge in [-0.3, -0.25) is 9.59 Å². The molecule has 1 fully saturated rings. The van der Waals surface area contributed by atoms with E-state index in [2.05, 4.69) is 5.32 Å². The molecule has 1 aromatic carbocycles. The topological polar surface area (TPSA) is 58.6 Å². The average Bonchev–Trinajstić information content (AvgIpc) is 2.55. The fourth-order valence-corrected chi connectivity index (χ4v) is 2.90. The molecule has 0 bridgehead atoms. The van der Waals surface area contributed by atoms with Crippen LogP contribution in [0.4, 0.5) is 5.69 Å². The van der Waals surface area contributed by atoms with Gasteiger partial charge in [-0.05, 0) is 44.0 Å². The number of nitrogens with one attached hydrogen (secondary N) is 1. The van der Waals surface area contributed by atoms with Crippen molar-refractivity contribution in [3.63, 3.8) is 0 Å². The highest BCUT2D eigenvalue weighted by Gasteiger charge is 2.33. The van der Waals surface area contributed by atoms with E-state index >= 15 is 0 Å². The fourth-order valence-electron chi connectivity index (χ4n) is 2.90. The zero-order valence-corrected chi connectivity index (χ0v) is 15.1. The van der Waals surface area contributed by atoms with Gasteiger partial charge < -0.3 is 15.0 Å². The van der Waals surface area contributed by atoms with Gasteiger partial charge in [-0.15, -0.1) is 0 Å². The molecule has 1 atom stereocenters. The highest BCUT2D eigenvalue weighted by molar-refractivity contribution is 5.93. The Morgan fingerprint density at radius 3 is 2.50 bits per heavy atom. The zero-order valence-electron chi connectivity index (χ0n) is 15.1. The molecule has 5 heteroatoms. The molecular weight excluding hydrogens is 304 g/mol. The first-order chi connectivity index (χ1) is 11.3. The SMILES string of the molecule is CCOc1ccc(NC(=O)[C@@H]2CCCN(C(=O)C(C)(C)C)C2)cc1. The van der Waals surface area contributed by atoms with E-state index in [1.807, 2.05) is 56.9 Å². The number of amides is 2. The number of carbonyl (C=O) groups is 2. The quantitative estimate of drug-likeness (QED) is 0.920. The maximum atomic E-state index is 12.5. The Labute approximate surface area is 144 Å². The summed E-state index contributed by atoms with van der Waals surface area (Å²) in [6.45, 7) is 9.54. The van der Waals surface area contributed by atoms with E-state index in [4.69, 9.17) is 4.74 Å². The molecule has 0 radical (unpaired) electrons. The summed E-state index contributed by atoms with van der Waals surface area (Å²) in [6, 6.07) is 7.36. The van der Waals surface area contributed by atoms with Crippen molar-refractivity contribution in [2.24, 2.45) is 11.3 Å². The number of carbonyl (C=O) groups excluding carboxylic acids is 2. The molecule has 1 aromatic rings. The molecule has 0 unspecified atom stereocenters. The molecule has 0 aromatic heterocycles. The van der Waals surface area contributed by atoms with Gasteiger partial charge in [0.05, 0.1) is 12.5 Å². The van der Waals surface area contributed by atoms with Crippen molar-refractivity contribution >= 4 is 17.5 Å². The normalized spacial score (nSPS) is 18.2. The molecule has 132 valence electrons. The van der Waals surface area contributed by atoms with Crippen LogP contribution in [0.1, 0.15) is 40.5 Å². The number of anilines is 1. The molecule has 1 aliphatic rings. The predicted molar refractivity (Wildman–Crippen MR) is 95.0 cm³/mol. The highest BCUT2D eigenvalue weighted by atomic mass is 16.5. The Balaban J connectivity index is 1.95. The van der Waals surface area contributed by atoms with Crippen LogP contribution in [0.3, 0.4) is 0 Å². The molecule has 0 spiro atoms. The van der Waals surface area contributed by atoms with E-state index in [-0.39, 0.29) is 17.7 Å². The molecule has 0 saturated carbocycles. The lowest BCUT2D eigenvalue weighted by Crippen LogP contribution is -2.47. The van der Waals surface area contributed by atoms with Crippen LogP contribution in [0.2, 0.25) is 0 Å². The van der Waals surface area contributed by atoms with Crippen molar-refractivity contribution < 1.29 is 14.3 Å². The van der Waals surface area contributed by atoms with Crippen molar-refractivity contribution in [1.29, 1.82) is 0 Å². The second-order valence-corrected chi connectivity index (χ2v) is 7.29. The smallest absolute Gasteiger partial charge is 0.229 e. The van der Waals surface area contributed by atoms with E-state index in [0.717, 1.165) is 30.8 Å². The molecule has 24 heavy (non-hydrogen) atoms. The second-order valence-electron chi connectivity index (χ2n) is 7.29. The molecule has 0 aliphatic carbocycles. The third-order valence-corrected chi connectivity index (χ3v) is 4.15. The number of hydrogen-bond acceptors (Lipinski definition) is 3. The van der Waals surface area contributed by atoms with Crippen LogP contribution >= 0.6 is 0 Å². The first-order valence-electron chi connectivity index (χ1n) is 8.64. The maximum absolute atomic E-state index is 12.5. The number of nitrogens with zero attached hydrogens (tertiary/aromatic N) is 1. The number of likely N-dealkylation sites (tertiary alicyclic amines) is 1. The molecule has 1 N–H and O–H groups in total. The van der Waals surface area contributed by atoms with Gasteiger partial charge in [0, 0.05) is 24.2 Å². The van der Waals surface area contributed by atoms with Crippen LogP contribution in [-0.2, 0) is 9.59 Å². The lowest BCUT2D eigenvalue weighted by Gasteiger charge is -2.35. The number of piperidine rings is 1. The first kappa shape index (κ1) is 18.3. The van der Waals surface area contributed by atoms with Gasteiger partial charge >= 0.3 is 0 Å². The van der Waals surface area contributed by atoms with Crippen LogP contribution in [0.15, 0.2) is 24.3 Å². The van der Waals surface area contributed by atoms with Crippen molar-refractivity contribution in [2.75, 3.05) is 25.0 Å². The summed E-state index contributed by atoms with van der Waals surface area (Å²) in [6.07, 6.45) is 1.68. The molecule has 1 heterocycles. The van der Waals surface area contributed by atoms with Crippen LogP contribution < -0.4 is 10.1 Å². The number of ether oxygens (including phenoxy) is 1. The molecule has 1 aliphatic heterocycles. The van der Waals surface area contributed by atoms with Crippen molar-refractivity contribution in [3.8, 4) is 5.75 Å². The molecule has 1 saturated heterocycles. The average molecular weight is 332 g/mol. The Morgan fingerprint density at radius 1 is 1.25 bits per heavy atom. The van der Waals surface area contributed by atoms with Crippen molar-refractivity contribution in [3.05, 3.63) is 24.3 Å². The highest BCUT2D eigenvalue weighted by Crippen LogP contribution is 2.24. The van der Waals surface area contributed by atoms with Crippen LogP contribution in [-0.4, -0.2) is 36.4 Å². The Kier molecular flexibility index (Phi) is 5.86. The van der Waals surface area contributed by atoms with Crippen LogP contribution in [0.25, 0.3) is 0 Å². The second kappa shape index (κ2) is 7.69. The monoisotopic (exact) mass is 332 g/mol. The van der Waals surface area contributed by atoms with Gasteiger partial charge in [-0.1, -0.05) is 20.8 Å². The number of rotatable bonds is 4. The molecular formula is C19H28N2O3. The minimum atomic E-state index is -0.409. The van der Waals surface area contributed by atoms with E-state index < -0.39 is 5.41 Å². The lowest BCUT2D eigenvalue weighted by molar-refractivity contribution is -0.142. The Bertz CT molecular complexity index is 575. The number of hydrogen-bond donors (Lipinski definition) is 1. The van der Waals surface area contributed by atoms with Gasteiger partial charge in [0.2, 0.25) is 11.8 Å². The van der Waals surface area contributed by atoms with E-state index in [9.17, 15) is 9.59 Å². The summed E-state index contributed by atoms with van der Waals surface area (Å²) in [5.74, 6) is 0.721. The van der Waals surface area contributed by atoms with Crippen molar-refractivity contribution in [1.82, 2.24) is 4.90 Å². The van der Waals surface area contributed by atoms with Crippen LogP contribution in [0, 0.1) is 11.3 Å². The first-order valence-corrected chi connectivity index (χ1v) is 8.64. The minimum absolute atomic E-state index is 0.0226. The van der Waals surface area contributed by atoms with Gasteiger partial charge in [0.15, 0.2) is 0 Å². The van der Waals surface area contributed by atoms with Gasteiger partial charge in [0.25, 0.3) is 0 Å². The van der Waals surface area contributed by atoms with Gasteiger partial charge in [-0.2, -0.15) is 0 Å². The van der Waals surface area contributed by atoms with Crippen molar-refractivity contribution in [2.45, 2.75) is 40.5 Å². The van der Waals surface area contributed by atoms with Gasteiger partial charge in [-0.25, -0.2) is 0 Å². The summed E-state index contributed by atoms with van der Waals surface area (Å²) < 4.78 is 5.40. The van der Waals surface area contributed by atoms with Gasteiger partial charge in [0.1, 0.15) is 5.75 Å². The summed E-state index contributed by atoms with van der Waals surface area (Å²) >= 11 is 0. The van der Waals surface area contributed by atoms with E-state index in [1.165, 1.54) is 0 Å². The summed E-state index contributed by atoms with van der Waals surface area (Å²) in [4.78, 5) is 26.8. The lowest BCUT2D eigenvalue weighted by atomic mass is 9.91. The maximum Gasteiger partial charge on any atom is 0.229 e. The molecule has 2 rings (SSSR count). The Morgan fingerprint density at radius 2 is 1.92 bits per heavy atom. The summed E-state index contributed by atoms with van der Waals surface area (Å²) in [5, 5.41) is 2.95. The summed E-state index contributed by atoms with van der Waals surface area (Å²) in [5.41, 5.74) is 0.343. The van der Waals surface area contributed by atoms with Crippen LogP contribution in [0.5, 0.6) is 5.75 Å². The number of benzene rings is 1. The zero-order chi connectivity index (χ0) is 17.7. The predicted octanol–water partition coefficient (Wildman–Crippen LogP) is 3.31. The third kappa shape index (κ3) is 4.73. The molecule has 2 amide bonds. The standard InChI is InChI=1S/C19H28N2O3/c1-5-24-16-10-8-15(9-11-16)20-17(22)14-7-6-12-21(13-14)18(23)19(2,3)4/h8-11,14H,5-7,12-13H2,1-4H3,(H,20,22)/t14-/m1/s1. The summed E-state index contributed by atoms with van der Waals surface area (Å²) in [7, 11) is 0. The van der Waals surface area contributed by atoms with E-state index in [1.54, 1.807) is 0 Å².